The Labute approximate surface area is 238 Å². The van der Waals surface area contributed by atoms with Crippen molar-refractivity contribution >= 4 is 5.97 Å². The second-order valence-electron chi connectivity index (χ2n) is 11.3. The molecule has 0 bridgehead atoms. The zero-order valence-corrected chi connectivity index (χ0v) is 23.9. The van der Waals surface area contributed by atoms with Gasteiger partial charge in [-0.2, -0.15) is 0 Å². The predicted molar refractivity (Wildman–Crippen MR) is 150 cm³/mol. The van der Waals surface area contributed by atoms with Crippen LogP contribution in [0.3, 0.4) is 0 Å². The predicted octanol–water partition coefficient (Wildman–Crippen LogP) is 6.72. The molecule has 6 unspecified atom stereocenters. The lowest BCUT2D eigenvalue weighted by molar-refractivity contribution is -0.197. The lowest BCUT2D eigenvalue weighted by Crippen LogP contribution is -2.36. The van der Waals surface area contributed by atoms with Crippen LogP contribution in [0.5, 0.6) is 0 Å². The molecule has 40 heavy (non-hydrogen) atoms. The minimum atomic E-state index is -3.12. The number of benzene rings is 1. The number of aliphatic hydroxyl groups excluding tert-OH is 2. The van der Waals surface area contributed by atoms with Gasteiger partial charge >= 0.3 is 5.97 Å². The van der Waals surface area contributed by atoms with E-state index in [1.54, 1.807) is 0 Å². The van der Waals surface area contributed by atoms with Crippen molar-refractivity contribution in [3.05, 3.63) is 48.0 Å². The topological polar surface area (TPSA) is 85.2 Å². The molecule has 1 heterocycles. The lowest BCUT2D eigenvalue weighted by atomic mass is 9.85. The summed E-state index contributed by atoms with van der Waals surface area (Å²) in [7, 11) is 0. The fourth-order valence-electron chi connectivity index (χ4n) is 5.74. The van der Waals surface area contributed by atoms with E-state index in [9.17, 15) is 23.8 Å². The van der Waals surface area contributed by atoms with E-state index in [1.165, 1.54) is 0 Å². The molecule has 1 aromatic rings. The Morgan fingerprint density at radius 2 is 1.98 bits per heavy atom. The Morgan fingerprint density at radius 3 is 2.70 bits per heavy atom. The van der Waals surface area contributed by atoms with Gasteiger partial charge in [0.25, 0.3) is 5.92 Å². The summed E-state index contributed by atoms with van der Waals surface area (Å²) < 4.78 is 46.2. The van der Waals surface area contributed by atoms with Crippen molar-refractivity contribution in [1.82, 2.24) is 0 Å². The fraction of sp³-hybridized carbons (Fsp3) is 0.719. The second-order valence-corrected chi connectivity index (χ2v) is 11.3. The minimum absolute atomic E-state index is 0.0369. The van der Waals surface area contributed by atoms with Crippen molar-refractivity contribution in [2.75, 3.05) is 6.61 Å². The summed E-state index contributed by atoms with van der Waals surface area (Å²) in [6.07, 6.45) is 7.55. The number of hydrogen-bond donors (Lipinski definition) is 2. The molecule has 0 aromatic heterocycles. The molecule has 3 rings (SSSR count). The van der Waals surface area contributed by atoms with Crippen LogP contribution in [0.2, 0.25) is 0 Å². The summed E-state index contributed by atoms with van der Waals surface area (Å²) in [5, 5.41) is 21.2. The number of halogens is 2. The molecule has 6 nitrogen and oxygen atoms in total. The van der Waals surface area contributed by atoms with Gasteiger partial charge in [0, 0.05) is 25.9 Å². The molecule has 0 spiro atoms. The quantitative estimate of drug-likeness (QED) is 0.124. The maximum atomic E-state index is 14.4. The first-order valence-electron chi connectivity index (χ1n) is 15.2. The third kappa shape index (κ3) is 10.8. The summed E-state index contributed by atoms with van der Waals surface area (Å²) in [5.74, 6) is -3.66. The molecule has 1 saturated carbocycles. The van der Waals surface area contributed by atoms with E-state index >= 15 is 0 Å². The maximum absolute atomic E-state index is 14.4. The largest absolute Gasteiger partial charge is 0.461 e. The summed E-state index contributed by atoms with van der Waals surface area (Å²) in [4.78, 5) is 12.0. The first-order valence-corrected chi connectivity index (χ1v) is 15.2. The average molecular weight is 567 g/mol. The number of alkyl halides is 2. The molecule has 1 aromatic carbocycles. The number of carbonyl (C=O) groups excluding carboxylic acids is 1. The Kier molecular flexibility index (Phi) is 14.0. The van der Waals surface area contributed by atoms with E-state index in [2.05, 4.69) is 0 Å². The number of esters is 1. The van der Waals surface area contributed by atoms with E-state index in [1.807, 2.05) is 49.4 Å². The van der Waals surface area contributed by atoms with E-state index in [0.717, 1.165) is 24.8 Å². The molecule has 0 amide bonds. The van der Waals surface area contributed by atoms with Crippen molar-refractivity contribution in [3.63, 3.8) is 0 Å². The SMILES string of the molecule is CCCCC(F)(F)C(O)CCC1C(OC2CCCCO2)CC(O)C1C/C=C\CCCC(=O)OCc1ccccc1. The van der Waals surface area contributed by atoms with Crippen LogP contribution in [0, 0.1) is 11.8 Å². The van der Waals surface area contributed by atoms with Crippen LogP contribution in [-0.2, 0) is 25.6 Å². The molecule has 1 saturated heterocycles. The molecular formula is C32H48F2O6. The maximum Gasteiger partial charge on any atom is 0.306 e. The summed E-state index contributed by atoms with van der Waals surface area (Å²) in [6.45, 7) is 2.76. The molecule has 2 N–H and O–H groups in total. The Hall–Kier alpha value is -1.87. The number of carbonyl (C=O) groups is 1. The van der Waals surface area contributed by atoms with Gasteiger partial charge < -0.3 is 24.4 Å². The molecule has 1 aliphatic heterocycles. The number of allylic oxidation sites excluding steroid dienone is 2. The Balaban J connectivity index is 1.48. The van der Waals surface area contributed by atoms with E-state index in [4.69, 9.17) is 14.2 Å². The van der Waals surface area contributed by atoms with Gasteiger partial charge in [0.15, 0.2) is 6.29 Å². The summed E-state index contributed by atoms with van der Waals surface area (Å²) in [6, 6.07) is 9.56. The molecule has 0 radical (unpaired) electrons. The van der Waals surface area contributed by atoms with Gasteiger partial charge in [-0.25, -0.2) is 8.78 Å². The smallest absolute Gasteiger partial charge is 0.306 e. The van der Waals surface area contributed by atoms with Gasteiger partial charge in [0.1, 0.15) is 12.7 Å². The van der Waals surface area contributed by atoms with Crippen molar-refractivity contribution < 1.29 is 38.0 Å². The van der Waals surface area contributed by atoms with Gasteiger partial charge in [-0.1, -0.05) is 55.8 Å². The van der Waals surface area contributed by atoms with Crippen LogP contribution in [0.1, 0.15) is 96.0 Å². The third-order valence-corrected chi connectivity index (χ3v) is 8.15. The summed E-state index contributed by atoms with van der Waals surface area (Å²) in [5.41, 5.74) is 0.954. The molecule has 1 aliphatic carbocycles. The van der Waals surface area contributed by atoms with Gasteiger partial charge in [0.2, 0.25) is 0 Å². The highest BCUT2D eigenvalue weighted by atomic mass is 19.3. The van der Waals surface area contributed by atoms with Crippen LogP contribution in [0.4, 0.5) is 8.78 Å². The van der Waals surface area contributed by atoms with Gasteiger partial charge in [-0.15, -0.1) is 0 Å². The molecule has 226 valence electrons. The molecule has 6 atom stereocenters. The number of hydrogen-bond acceptors (Lipinski definition) is 6. The van der Waals surface area contributed by atoms with Crippen molar-refractivity contribution in [3.8, 4) is 0 Å². The standard InChI is InChI=1S/C32H48F2O6/c1-2-3-20-32(33,34)29(36)19-18-26-25(27(35)22-28(26)40-31-17-11-12-21-38-31)15-9-4-5-10-16-30(37)39-23-24-13-7-6-8-14-24/h4,6-9,13-14,25-29,31,35-36H,2-3,5,10-12,15-23H2,1H3/b9-4-. The van der Waals surface area contributed by atoms with Gasteiger partial charge in [0.05, 0.1) is 12.2 Å². The van der Waals surface area contributed by atoms with Gasteiger partial charge in [-0.05, 0) is 75.2 Å². The number of aliphatic hydroxyl groups is 2. The number of ether oxygens (including phenoxy) is 3. The fourth-order valence-corrected chi connectivity index (χ4v) is 5.74. The highest BCUT2D eigenvalue weighted by molar-refractivity contribution is 5.69. The monoisotopic (exact) mass is 566 g/mol. The van der Waals surface area contributed by atoms with E-state index in [0.29, 0.717) is 58.0 Å². The number of rotatable bonds is 17. The van der Waals surface area contributed by atoms with Crippen LogP contribution in [0.15, 0.2) is 42.5 Å². The van der Waals surface area contributed by atoms with Crippen molar-refractivity contribution in [2.24, 2.45) is 11.8 Å². The third-order valence-electron chi connectivity index (χ3n) is 8.15. The minimum Gasteiger partial charge on any atom is -0.461 e. The number of unbranched alkanes of at least 4 members (excludes halogenated alkanes) is 2. The van der Waals surface area contributed by atoms with Gasteiger partial charge in [-0.3, -0.25) is 4.79 Å². The Morgan fingerprint density at radius 1 is 1.18 bits per heavy atom. The molecule has 2 fully saturated rings. The molecule has 8 heteroatoms. The van der Waals surface area contributed by atoms with Crippen molar-refractivity contribution in [2.45, 2.75) is 128 Å². The highest BCUT2D eigenvalue weighted by Gasteiger charge is 2.45. The van der Waals surface area contributed by atoms with E-state index < -0.39 is 18.1 Å². The summed E-state index contributed by atoms with van der Waals surface area (Å²) >= 11 is 0. The first kappa shape index (κ1) is 32.6. The van der Waals surface area contributed by atoms with Crippen LogP contribution >= 0.6 is 0 Å². The first-order chi connectivity index (χ1) is 19.3. The van der Waals surface area contributed by atoms with Crippen LogP contribution in [0.25, 0.3) is 0 Å². The van der Waals surface area contributed by atoms with E-state index in [-0.39, 0.29) is 49.6 Å². The zero-order chi connectivity index (χ0) is 28.8. The molecular weight excluding hydrogens is 518 g/mol. The van der Waals surface area contributed by atoms with Crippen molar-refractivity contribution in [1.29, 1.82) is 0 Å². The van der Waals surface area contributed by atoms with Crippen LogP contribution in [-0.4, -0.2) is 53.3 Å². The zero-order valence-electron chi connectivity index (χ0n) is 23.9. The molecule has 2 aliphatic rings. The highest BCUT2D eigenvalue weighted by Crippen LogP contribution is 2.42. The Bertz CT molecular complexity index is 873. The second kappa shape index (κ2) is 17.2. The lowest BCUT2D eigenvalue weighted by Gasteiger charge is -2.31. The average Bonchev–Trinajstić information content (AvgIpc) is 3.25. The van der Waals surface area contributed by atoms with Crippen LogP contribution < -0.4 is 0 Å². The normalized spacial score (nSPS) is 26.3.